The summed E-state index contributed by atoms with van der Waals surface area (Å²) < 4.78 is 0. The molecule has 3 N–H and O–H groups in total. The van der Waals surface area contributed by atoms with Crippen LogP contribution < -0.4 is 5.56 Å². The third kappa shape index (κ3) is 1.89. The number of hydrogen-bond acceptors (Lipinski definition) is 2. The van der Waals surface area contributed by atoms with Gasteiger partial charge in [0.05, 0.1) is 11.1 Å². The van der Waals surface area contributed by atoms with Crippen LogP contribution in [0.15, 0.2) is 59.4 Å². The Morgan fingerprint density at radius 1 is 0.833 bits per heavy atom. The van der Waals surface area contributed by atoms with Gasteiger partial charge in [0.1, 0.15) is 0 Å². The highest BCUT2D eigenvalue weighted by molar-refractivity contribution is 5.93. The Bertz CT molecular complexity index is 720. The molecule has 2 aromatic carbocycles. The van der Waals surface area contributed by atoms with Crippen molar-refractivity contribution in [2.45, 2.75) is 0 Å². The average molecular weight is 240 g/mol. The molecule has 0 saturated heterocycles. The average Bonchev–Trinajstić information content (AvgIpc) is 2.41. The van der Waals surface area contributed by atoms with E-state index in [9.17, 15) is 4.79 Å². The Labute approximate surface area is 103 Å². The number of H-pyrrole nitrogens is 1. The first-order valence-corrected chi connectivity index (χ1v) is 5.39. The van der Waals surface area contributed by atoms with Crippen molar-refractivity contribution in [1.82, 2.24) is 10.2 Å². The highest BCUT2D eigenvalue weighted by Gasteiger charge is 2.06. The van der Waals surface area contributed by atoms with Crippen LogP contribution in [0.5, 0.6) is 0 Å². The number of hydrogen-bond donors (Lipinski definition) is 1. The van der Waals surface area contributed by atoms with Crippen LogP contribution in [0.3, 0.4) is 0 Å². The van der Waals surface area contributed by atoms with Crippen molar-refractivity contribution in [2.75, 3.05) is 0 Å². The lowest BCUT2D eigenvalue weighted by atomic mass is 10.1. The molecule has 0 amide bonds. The maximum atomic E-state index is 11.6. The van der Waals surface area contributed by atoms with Crippen molar-refractivity contribution in [1.29, 1.82) is 0 Å². The highest BCUT2D eigenvalue weighted by Crippen LogP contribution is 2.23. The molecule has 3 aromatic rings. The molecule has 0 aliphatic rings. The molecular formula is C14H12N2O2. The highest BCUT2D eigenvalue weighted by atomic mass is 16.1. The van der Waals surface area contributed by atoms with Gasteiger partial charge < -0.3 is 5.48 Å². The molecule has 90 valence electrons. The summed E-state index contributed by atoms with van der Waals surface area (Å²) in [5.74, 6) is 0. The molecule has 0 fully saturated rings. The lowest BCUT2D eigenvalue weighted by molar-refractivity contribution is 0.824. The molecule has 4 nitrogen and oxygen atoms in total. The minimum atomic E-state index is -0.153. The van der Waals surface area contributed by atoms with Crippen LogP contribution >= 0.6 is 0 Å². The van der Waals surface area contributed by atoms with Gasteiger partial charge in [0.2, 0.25) is 0 Å². The summed E-state index contributed by atoms with van der Waals surface area (Å²) in [5, 5.41) is 8.22. The predicted molar refractivity (Wildman–Crippen MR) is 71.4 cm³/mol. The zero-order valence-corrected chi connectivity index (χ0v) is 9.55. The molecule has 0 bridgehead atoms. The maximum absolute atomic E-state index is 11.6. The largest absolute Gasteiger partial charge is 0.412 e. The zero-order valence-electron chi connectivity index (χ0n) is 9.55. The molecule has 0 atom stereocenters. The van der Waals surface area contributed by atoms with Gasteiger partial charge in [-0.3, -0.25) is 4.79 Å². The molecule has 4 heteroatoms. The standard InChI is InChI=1S/C14H10N2O.H2O/c17-14-12-9-5-4-8-11(12)13(15-16-14)10-6-2-1-3-7-10;/h1-9H,(H,16,17);1H2. The van der Waals surface area contributed by atoms with E-state index in [4.69, 9.17) is 0 Å². The zero-order chi connectivity index (χ0) is 11.7. The van der Waals surface area contributed by atoms with Crippen molar-refractivity contribution in [3.63, 3.8) is 0 Å². The molecule has 0 unspecified atom stereocenters. The van der Waals surface area contributed by atoms with Crippen molar-refractivity contribution in [3.8, 4) is 11.3 Å². The molecule has 0 radical (unpaired) electrons. The van der Waals surface area contributed by atoms with E-state index in [2.05, 4.69) is 10.2 Å². The van der Waals surface area contributed by atoms with Crippen LogP contribution in [0.4, 0.5) is 0 Å². The third-order valence-electron chi connectivity index (χ3n) is 2.74. The monoisotopic (exact) mass is 240 g/mol. The topological polar surface area (TPSA) is 77.2 Å². The van der Waals surface area contributed by atoms with Crippen molar-refractivity contribution < 1.29 is 5.48 Å². The summed E-state index contributed by atoms with van der Waals surface area (Å²) in [4.78, 5) is 11.6. The second-order valence-corrected chi connectivity index (χ2v) is 3.81. The molecule has 3 rings (SSSR count). The maximum Gasteiger partial charge on any atom is 0.272 e. The van der Waals surface area contributed by atoms with E-state index in [-0.39, 0.29) is 11.0 Å². The fraction of sp³-hybridized carbons (Fsp3) is 0. The number of benzene rings is 2. The van der Waals surface area contributed by atoms with Gasteiger partial charge in [-0.15, -0.1) is 0 Å². The van der Waals surface area contributed by atoms with Gasteiger partial charge in [-0.2, -0.15) is 5.10 Å². The Hall–Kier alpha value is -2.46. The van der Waals surface area contributed by atoms with E-state index in [1.807, 2.05) is 54.6 Å². The number of nitrogens with one attached hydrogen (secondary N) is 1. The Morgan fingerprint density at radius 2 is 1.44 bits per heavy atom. The van der Waals surface area contributed by atoms with Crippen LogP contribution in [-0.2, 0) is 0 Å². The number of fused-ring (bicyclic) bond motifs is 1. The van der Waals surface area contributed by atoms with Gasteiger partial charge in [-0.05, 0) is 6.07 Å². The third-order valence-corrected chi connectivity index (χ3v) is 2.74. The SMILES string of the molecule is O.O=c1[nH]nc(-c2ccccc2)c2ccccc12. The van der Waals surface area contributed by atoms with Gasteiger partial charge in [-0.25, -0.2) is 5.10 Å². The van der Waals surface area contributed by atoms with Crippen LogP contribution in [0.25, 0.3) is 22.0 Å². The molecule has 0 aliphatic carbocycles. The first kappa shape index (κ1) is 12.0. The Morgan fingerprint density at radius 3 is 2.17 bits per heavy atom. The molecule has 1 heterocycles. The van der Waals surface area contributed by atoms with Gasteiger partial charge in [-0.1, -0.05) is 48.5 Å². The van der Waals surface area contributed by atoms with Crippen LogP contribution in [0, 0.1) is 0 Å². The van der Waals surface area contributed by atoms with E-state index in [0.717, 1.165) is 16.6 Å². The van der Waals surface area contributed by atoms with Gasteiger partial charge in [0.25, 0.3) is 5.56 Å². The van der Waals surface area contributed by atoms with Gasteiger partial charge in [0.15, 0.2) is 0 Å². The van der Waals surface area contributed by atoms with E-state index in [1.54, 1.807) is 0 Å². The summed E-state index contributed by atoms with van der Waals surface area (Å²) in [5.41, 5.74) is 1.65. The molecule has 0 aliphatic heterocycles. The molecule has 1 aromatic heterocycles. The van der Waals surface area contributed by atoms with Crippen molar-refractivity contribution in [2.24, 2.45) is 0 Å². The molecule has 0 spiro atoms. The number of aromatic nitrogens is 2. The molecule has 18 heavy (non-hydrogen) atoms. The van der Waals surface area contributed by atoms with Crippen molar-refractivity contribution in [3.05, 3.63) is 65.0 Å². The van der Waals surface area contributed by atoms with Gasteiger partial charge in [0, 0.05) is 10.9 Å². The fourth-order valence-electron chi connectivity index (χ4n) is 1.93. The quantitative estimate of drug-likeness (QED) is 0.703. The molecule has 0 saturated carbocycles. The van der Waals surface area contributed by atoms with E-state index in [0.29, 0.717) is 5.39 Å². The summed E-state index contributed by atoms with van der Waals surface area (Å²) in [6.07, 6.45) is 0. The normalized spacial score (nSPS) is 10.0. The van der Waals surface area contributed by atoms with E-state index < -0.39 is 0 Å². The summed E-state index contributed by atoms with van der Waals surface area (Å²) in [7, 11) is 0. The summed E-state index contributed by atoms with van der Waals surface area (Å²) in [6, 6.07) is 17.3. The summed E-state index contributed by atoms with van der Waals surface area (Å²) in [6.45, 7) is 0. The van der Waals surface area contributed by atoms with Crippen molar-refractivity contribution >= 4 is 10.8 Å². The first-order chi connectivity index (χ1) is 8.36. The lowest BCUT2D eigenvalue weighted by Crippen LogP contribution is -2.09. The second-order valence-electron chi connectivity index (χ2n) is 3.81. The van der Waals surface area contributed by atoms with Crippen LogP contribution in [0.2, 0.25) is 0 Å². The minimum absolute atomic E-state index is 0. The smallest absolute Gasteiger partial charge is 0.272 e. The lowest BCUT2D eigenvalue weighted by Gasteiger charge is -2.04. The number of aromatic amines is 1. The second kappa shape index (κ2) is 4.81. The van der Waals surface area contributed by atoms with E-state index in [1.165, 1.54) is 0 Å². The number of nitrogens with zero attached hydrogens (tertiary/aromatic N) is 1. The van der Waals surface area contributed by atoms with Crippen LogP contribution in [0.1, 0.15) is 0 Å². The molecular weight excluding hydrogens is 228 g/mol. The van der Waals surface area contributed by atoms with Gasteiger partial charge >= 0.3 is 0 Å². The first-order valence-electron chi connectivity index (χ1n) is 5.39. The Kier molecular flexibility index (Phi) is 3.21. The number of rotatable bonds is 1. The van der Waals surface area contributed by atoms with E-state index >= 15 is 0 Å². The van der Waals surface area contributed by atoms with Crippen LogP contribution in [-0.4, -0.2) is 15.7 Å². The predicted octanol–water partition coefficient (Wildman–Crippen LogP) is 1.77. The Balaban J connectivity index is 0.00000120. The minimum Gasteiger partial charge on any atom is -0.412 e. The summed E-state index contributed by atoms with van der Waals surface area (Å²) >= 11 is 0. The fourth-order valence-corrected chi connectivity index (χ4v) is 1.93.